The Morgan fingerprint density at radius 3 is 2.86 bits per heavy atom. The normalized spacial score (nSPS) is 16.9. The summed E-state index contributed by atoms with van der Waals surface area (Å²) in [7, 11) is 3.47. The minimum absolute atomic E-state index is 0.305. The van der Waals surface area contributed by atoms with Crippen LogP contribution in [-0.4, -0.2) is 34.3 Å². The molecule has 1 aliphatic rings. The van der Waals surface area contributed by atoms with Crippen molar-refractivity contribution in [1.82, 2.24) is 20.1 Å². The van der Waals surface area contributed by atoms with Gasteiger partial charge < -0.3 is 10.1 Å². The van der Waals surface area contributed by atoms with Gasteiger partial charge >= 0.3 is 0 Å². The summed E-state index contributed by atoms with van der Waals surface area (Å²) in [6.45, 7) is 0.325. The van der Waals surface area contributed by atoms with Crippen LogP contribution in [0, 0.1) is 5.82 Å². The number of ether oxygens (including phenoxy) is 1. The monoisotopic (exact) mass is 417 g/mol. The van der Waals surface area contributed by atoms with E-state index in [0.717, 1.165) is 22.0 Å². The Labute approximate surface area is 170 Å². The maximum Gasteiger partial charge on any atom is 0.163 e. The highest BCUT2D eigenvalue weighted by molar-refractivity contribution is 7.11. The van der Waals surface area contributed by atoms with E-state index < -0.39 is 11.9 Å². The van der Waals surface area contributed by atoms with Gasteiger partial charge in [-0.05, 0) is 18.2 Å². The summed E-state index contributed by atoms with van der Waals surface area (Å²) in [6.07, 6.45) is 3.58. The van der Waals surface area contributed by atoms with Crippen molar-refractivity contribution >= 4 is 34.3 Å². The van der Waals surface area contributed by atoms with E-state index in [2.05, 4.69) is 15.4 Å². The third-order valence-electron chi connectivity index (χ3n) is 4.30. The molecule has 3 aromatic rings. The molecule has 1 aliphatic heterocycles. The van der Waals surface area contributed by atoms with E-state index in [1.54, 1.807) is 24.1 Å². The highest BCUT2D eigenvalue weighted by atomic mass is 35.5. The average molecular weight is 418 g/mol. The molecule has 0 saturated heterocycles. The molecule has 0 aliphatic carbocycles. The van der Waals surface area contributed by atoms with E-state index in [-0.39, 0.29) is 0 Å². The first-order chi connectivity index (χ1) is 13.6. The first-order valence-corrected chi connectivity index (χ1v) is 9.74. The highest BCUT2D eigenvalue weighted by Crippen LogP contribution is 2.40. The van der Waals surface area contributed by atoms with Crippen LogP contribution in [-0.2, 0) is 11.8 Å². The lowest BCUT2D eigenvalue weighted by Gasteiger charge is -2.27. The van der Waals surface area contributed by atoms with Crippen LogP contribution in [0.2, 0.25) is 5.02 Å². The molecule has 144 valence electrons. The lowest BCUT2D eigenvalue weighted by molar-refractivity contribution is 0.222. The molecule has 1 aromatic carbocycles. The molecule has 3 heterocycles. The minimum Gasteiger partial charge on any atom is -0.378 e. The molecule has 1 unspecified atom stereocenters. The molecule has 1 N–H and O–H groups in total. The van der Waals surface area contributed by atoms with Crippen LogP contribution in [0.15, 0.2) is 52.7 Å². The predicted molar refractivity (Wildman–Crippen MR) is 108 cm³/mol. The number of aliphatic imine (C=N–C) groups is 1. The van der Waals surface area contributed by atoms with Crippen molar-refractivity contribution in [3.8, 4) is 0 Å². The van der Waals surface area contributed by atoms with Crippen LogP contribution in [0.3, 0.4) is 0 Å². The van der Waals surface area contributed by atoms with Gasteiger partial charge in [0.25, 0.3) is 0 Å². The average Bonchev–Trinajstić information content (AvgIpc) is 3.33. The van der Waals surface area contributed by atoms with Crippen LogP contribution in [0.5, 0.6) is 0 Å². The predicted octanol–water partition coefficient (Wildman–Crippen LogP) is 3.82. The molecule has 0 bridgehead atoms. The second-order valence-electron chi connectivity index (χ2n) is 6.21. The fraction of sp³-hybridized carbons (Fsp3) is 0.211. The minimum atomic E-state index is -0.478. The van der Waals surface area contributed by atoms with Gasteiger partial charge in [0.1, 0.15) is 11.9 Å². The van der Waals surface area contributed by atoms with E-state index in [1.807, 2.05) is 24.7 Å². The standard InChI is InChI=1S/C19H17ClFN5OS/c1-26-7-5-14(25-26)16-15(10-27-2)23-18(19-22-6-8-28-19)24-17(16)12-4-3-11(21)9-13(12)20/h3-9,17H,10H2,1-2H3,(H,23,24). The smallest absolute Gasteiger partial charge is 0.163 e. The molecule has 28 heavy (non-hydrogen) atoms. The second kappa shape index (κ2) is 7.83. The quantitative estimate of drug-likeness (QED) is 0.685. The van der Waals surface area contributed by atoms with Crippen molar-refractivity contribution in [3.05, 3.63) is 74.8 Å². The van der Waals surface area contributed by atoms with Crippen molar-refractivity contribution in [3.63, 3.8) is 0 Å². The topological polar surface area (TPSA) is 64.3 Å². The molecule has 9 heteroatoms. The number of hydrogen-bond donors (Lipinski definition) is 1. The molecule has 0 amide bonds. The zero-order valence-corrected chi connectivity index (χ0v) is 16.8. The van der Waals surface area contributed by atoms with E-state index in [0.29, 0.717) is 23.0 Å². The fourth-order valence-electron chi connectivity index (χ4n) is 3.11. The number of halogens is 2. The van der Waals surface area contributed by atoms with Crippen LogP contribution in [0.4, 0.5) is 4.39 Å². The summed E-state index contributed by atoms with van der Waals surface area (Å²) < 4.78 is 20.8. The summed E-state index contributed by atoms with van der Waals surface area (Å²) in [4.78, 5) is 9.22. The Morgan fingerprint density at radius 1 is 1.36 bits per heavy atom. The third-order valence-corrected chi connectivity index (χ3v) is 5.40. The highest BCUT2D eigenvalue weighted by Gasteiger charge is 2.31. The molecular formula is C19H17ClFN5OS. The Balaban J connectivity index is 1.91. The van der Waals surface area contributed by atoms with Gasteiger partial charge in [0.05, 0.1) is 18.0 Å². The Morgan fingerprint density at radius 2 is 2.21 bits per heavy atom. The zero-order valence-electron chi connectivity index (χ0n) is 15.2. The van der Waals surface area contributed by atoms with Crippen molar-refractivity contribution in [2.45, 2.75) is 6.04 Å². The van der Waals surface area contributed by atoms with Crippen LogP contribution in [0.1, 0.15) is 22.3 Å². The number of benzene rings is 1. The van der Waals surface area contributed by atoms with Crippen LogP contribution >= 0.6 is 22.9 Å². The van der Waals surface area contributed by atoms with Crippen molar-refractivity contribution in [2.75, 3.05) is 13.7 Å². The number of methoxy groups -OCH3 is 1. The summed E-state index contributed by atoms with van der Waals surface area (Å²) in [5.41, 5.74) is 3.07. The number of aryl methyl sites for hydroxylation is 1. The van der Waals surface area contributed by atoms with Crippen LogP contribution < -0.4 is 5.32 Å². The van der Waals surface area contributed by atoms with Crippen LogP contribution in [0.25, 0.3) is 5.57 Å². The van der Waals surface area contributed by atoms with E-state index in [4.69, 9.17) is 21.3 Å². The summed E-state index contributed by atoms with van der Waals surface area (Å²) in [6, 6.07) is 5.76. The number of hydrogen-bond acceptors (Lipinski definition) is 6. The fourth-order valence-corrected chi connectivity index (χ4v) is 3.97. The Bertz CT molecular complexity index is 1060. The number of thiazole rings is 1. The van der Waals surface area contributed by atoms with E-state index >= 15 is 0 Å². The SMILES string of the molecule is COCC1=C(c2ccn(C)n2)C(c2ccc(F)cc2Cl)N=C(c2nccs2)N1. The van der Waals surface area contributed by atoms with Crippen molar-refractivity contribution in [2.24, 2.45) is 12.0 Å². The largest absolute Gasteiger partial charge is 0.378 e. The third kappa shape index (κ3) is 3.58. The Hall–Kier alpha value is -2.55. The van der Waals surface area contributed by atoms with Crippen molar-refractivity contribution in [1.29, 1.82) is 0 Å². The van der Waals surface area contributed by atoms with Gasteiger partial charge in [0, 0.05) is 48.1 Å². The maximum atomic E-state index is 13.6. The van der Waals surface area contributed by atoms with Gasteiger partial charge in [-0.3, -0.25) is 9.67 Å². The summed E-state index contributed by atoms with van der Waals surface area (Å²) in [5.74, 6) is 0.222. The summed E-state index contributed by atoms with van der Waals surface area (Å²) in [5, 5.41) is 10.8. The van der Waals surface area contributed by atoms with Gasteiger partial charge in [-0.1, -0.05) is 17.7 Å². The number of amidine groups is 1. The molecule has 6 nitrogen and oxygen atoms in total. The van der Waals surface area contributed by atoms with Gasteiger partial charge in [-0.15, -0.1) is 11.3 Å². The molecule has 4 rings (SSSR count). The molecule has 0 fully saturated rings. The molecule has 2 aromatic heterocycles. The summed E-state index contributed by atoms with van der Waals surface area (Å²) >= 11 is 7.87. The second-order valence-corrected chi connectivity index (χ2v) is 7.51. The Kier molecular flexibility index (Phi) is 5.25. The first-order valence-electron chi connectivity index (χ1n) is 8.48. The number of rotatable bonds is 5. The molecule has 1 atom stereocenters. The van der Waals surface area contributed by atoms with Gasteiger partial charge in [0.2, 0.25) is 0 Å². The number of aromatic nitrogens is 3. The molecule has 0 spiro atoms. The van der Waals surface area contributed by atoms with Gasteiger partial charge in [0.15, 0.2) is 10.8 Å². The first kappa shape index (κ1) is 18.8. The number of nitrogens with one attached hydrogen (secondary N) is 1. The molecule has 0 saturated carbocycles. The lowest BCUT2D eigenvalue weighted by atomic mass is 9.93. The zero-order chi connectivity index (χ0) is 19.7. The lowest BCUT2D eigenvalue weighted by Crippen LogP contribution is -2.32. The van der Waals surface area contributed by atoms with Crippen molar-refractivity contribution < 1.29 is 9.13 Å². The number of nitrogens with zero attached hydrogens (tertiary/aromatic N) is 4. The van der Waals surface area contributed by atoms with E-state index in [9.17, 15) is 4.39 Å². The molecule has 0 radical (unpaired) electrons. The van der Waals surface area contributed by atoms with Gasteiger partial charge in [-0.2, -0.15) is 5.10 Å². The maximum absolute atomic E-state index is 13.6. The van der Waals surface area contributed by atoms with E-state index in [1.165, 1.54) is 23.5 Å². The molecular weight excluding hydrogens is 401 g/mol. The van der Waals surface area contributed by atoms with Gasteiger partial charge in [-0.25, -0.2) is 9.37 Å².